The molecule has 1 aromatic carbocycles. The molecule has 0 aliphatic heterocycles. The van der Waals surface area contributed by atoms with Crippen molar-refractivity contribution in [3.63, 3.8) is 0 Å². The summed E-state index contributed by atoms with van der Waals surface area (Å²) >= 11 is 0. The maximum absolute atomic E-state index is 13.9. The van der Waals surface area contributed by atoms with Gasteiger partial charge in [-0.3, -0.25) is 4.98 Å². The standard InChI is InChI=1S/C15H13FN4O/c16-13-6-2-1-5-11(13)12(8-17)15-20-19-14(21-15)10-4-3-7-18-9-10/h1-7,9,12H,8,17H2. The predicted octanol–water partition coefficient (Wildman–Crippen LogP) is 2.36. The van der Waals surface area contributed by atoms with Gasteiger partial charge in [0, 0.05) is 24.5 Å². The van der Waals surface area contributed by atoms with Gasteiger partial charge in [-0.15, -0.1) is 10.2 Å². The molecule has 0 spiro atoms. The van der Waals surface area contributed by atoms with Crippen molar-refractivity contribution in [2.75, 3.05) is 6.54 Å². The molecule has 21 heavy (non-hydrogen) atoms. The summed E-state index contributed by atoms with van der Waals surface area (Å²) in [5.74, 6) is -0.174. The first kappa shape index (κ1) is 13.4. The van der Waals surface area contributed by atoms with E-state index in [2.05, 4.69) is 15.2 Å². The van der Waals surface area contributed by atoms with Crippen molar-refractivity contribution in [2.45, 2.75) is 5.92 Å². The Hall–Kier alpha value is -2.60. The number of hydrogen-bond donors (Lipinski definition) is 1. The van der Waals surface area contributed by atoms with Gasteiger partial charge < -0.3 is 10.2 Å². The van der Waals surface area contributed by atoms with E-state index in [1.165, 1.54) is 6.07 Å². The van der Waals surface area contributed by atoms with Gasteiger partial charge in [-0.05, 0) is 18.2 Å². The van der Waals surface area contributed by atoms with Gasteiger partial charge in [0.25, 0.3) is 0 Å². The highest BCUT2D eigenvalue weighted by molar-refractivity contribution is 5.50. The predicted molar refractivity (Wildman–Crippen MR) is 74.8 cm³/mol. The lowest BCUT2D eigenvalue weighted by molar-refractivity contribution is 0.472. The van der Waals surface area contributed by atoms with Crippen LogP contribution in [0.5, 0.6) is 0 Å². The molecule has 2 heterocycles. The summed E-state index contributed by atoms with van der Waals surface area (Å²) in [7, 11) is 0. The number of pyridine rings is 1. The van der Waals surface area contributed by atoms with E-state index in [-0.39, 0.29) is 12.4 Å². The number of aromatic nitrogens is 3. The molecule has 0 aliphatic carbocycles. The van der Waals surface area contributed by atoms with Gasteiger partial charge in [-0.1, -0.05) is 18.2 Å². The third-order valence-electron chi connectivity index (χ3n) is 3.16. The molecular formula is C15H13FN4O. The molecule has 0 radical (unpaired) electrons. The molecular weight excluding hydrogens is 271 g/mol. The number of nitrogens with zero attached hydrogens (tertiary/aromatic N) is 3. The van der Waals surface area contributed by atoms with Crippen LogP contribution in [0, 0.1) is 5.82 Å². The third kappa shape index (κ3) is 2.66. The molecule has 0 saturated carbocycles. The highest BCUT2D eigenvalue weighted by atomic mass is 19.1. The molecule has 0 amide bonds. The maximum atomic E-state index is 13.9. The molecule has 3 rings (SSSR count). The van der Waals surface area contributed by atoms with Crippen molar-refractivity contribution in [2.24, 2.45) is 5.73 Å². The van der Waals surface area contributed by atoms with Crippen molar-refractivity contribution in [3.05, 3.63) is 66.1 Å². The SMILES string of the molecule is NCC(c1nnc(-c2cccnc2)o1)c1ccccc1F. The Bertz CT molecular complexity index is 729. The second kappa shape index (κ2) is 5.80. The van der Waals surface area contributed by atoms with Crippen molar-refractivity contribution in [1.29, 1.82) is 0 Å². The van der Waals surface area contributed by atoms with Crippen LogP contribution in [0.25, 0.3) is 11.5 Å². The second-order valence-electron chi connectivity index (χ2n) is 4.50. The Balaban J connectivity index is 1.96. The van der Waals surface area contributed by atoms with Crippen LogP contribution in [-0.4, -0.2) is 21.7 Å². The van der Waals surface area contributed by atoms with E-state index >= 15 is 0 Å². The van der Waals surface area contributed by atoms with Crippen LogP contribution in [0.4, 0.5) is 4.39 Å². The molecule has 6 heteroatoms. The summed E-state index contributed by atoms with van der Waals surface area (Å²) in [5, 5.41) is 7.97. The average molecular weight is 284 g/mol. The lowest BCUT2D eigenvalue weighted by Crippen LogP contribution is -2.15. The van der Waals surface area contributed by atoms with Crippen molar-refractivity contribution >= 4 is 0 Å². The van der Waals surface area contributed by atoms with E-state index in [1.807, 2.05) is 6.07 Å². The molecule has 0 bridgehead atoms. The minimum absolute atomic E-state index is 0.176. The number of benzene rings is 1. The summed E-state index contributed by atoms with van der Waals surface area (Å²) < 4.78 is 19.5. The van der Waals surface area contributed by atoms with Gasteiger partial charge in [0.05, 0.1) is 11.5 Å². The highest BCUT2D eigenvalue weighted by Gasteiger charge is 2.22. The van der Waals surface area contributed by atoms with Crippen LogP contribution in [0.3, 0.4) is 0 Å². The molecule has 0 saturated heterocycles. The van der Waals surface area contributed by atoms with E-state index in [4.69, 9.17) is 10.2 Å². The minimum atomic E-state index is -0.468. The first-order valence-corrected chi connectivity index (χ1v) is 6.48. The summed E-state index contributed by atoms with van der Waals surface area (Å²) in [6.45, 7) is 0.176. The van der Waals surface area contributed by atoms with Gasteiger partial charge in [0.15, 0.2) is 0 Å². The Morgan fingerprint density at radius 1 is 1.14 bits per heavy atom. The van der Waals surface area contributed by atoms with Crippen LogP contribution in [-0.2, 0) is 0 Å². The zero-order chi connectivity index (χ0) is 14.7. The lowest BCUT2D eigenvalue weighted by atomic mass is 9.99. The molecule has 106 valence electrons. The van der Waals surface area contributed by atoms with Crippen LogP contribution >= 0.6 is 0 Å². The summed E-state index contributed by atoms with van der Waals surface area (Å²) in [5.41, 5.74) is 6.90. The number of hydrogen-bond acceptors (Lipinski definition) is 5. The summed E-state index contributed by atoms with van der Waals surface area (Å²) in [4.78, 5) is 4.00. The molecule has 5 nitrogen and oxygen atoms in total. The van der Waals surface area contributed by atoms with Gasteiger partial charge >= 0.3 is 0 Å². The maximum Gasteiger partial charge on any atom is 0.249 e. The van der Waals surface area contributed by atoms with E-state index in [0.717, 1.165) is 0 Å². The van der Waals surface area contributed by atoms with Crippen molar-refractivity contribution in [1.82, 2.24) is 15.2 Å². The molecule has 0 fully saturated rings. The molecule has 3 aromatic rings. The largest absolute Gasteiger partial charge is 0.420 e. The van der Waals surface area contributed by atoms with Gasteiger partial charge in [0.1, 0.15) is 5.82 Å². The quantitative estimate of drug-likeness (QED) is 0.795. The zero-order valence-electron chi connectivity index (χ0n) is 11.1. The Morgan fingerprint density at radius 2 is 2.00 bits per heavy atom. The fourth-order valence-corrected chi connectivity index (χ4v) is 2.10. The molecule has 1 unspecified atom stereocenters. The fourth-order valence-electron chi connectivity index (χ4n) is 2.10. The Morgan fingerprint density at radius 3 is 2.71 bits per heavy atom. The Labute approximate surface area is 120 Å². The van der Waals surface area contributed by atoms with Crippen LogP contribution in [0.1, 0.15) is 17.4 Å². The normalized spacial score (nSPS) is 12.3. The average Bonchev–Trinajstić information content (AvgIpc) is 3.00. The molecule has 0 aliphatic rings. The van der Waals surface area contributed by atoms with Crippen molar-refractivity contribution < 1.29 is 8.81 Å². The first-order valence-electron chi connectivity index (χ1n) is 6.48. The van der Waals surface area contributed by atoms with E-state index in [0.29, 0.717) is 22.9 Å². The second-order valence-corrected chi connectivity index (χ2v) is 4.50. The summed E-state index contributed by atoms with van der Waals surface area (Å²) in [6.07, 6.45) is 3.28. The van der Waals surface area contributed by atoms with Gasteiger partial charge in [-0.2, -0.15) is 0 Å². The van der Waals surface area contributed by atoms with Crippen LogP contribution < -0.4 is 5.73 Å². The third-order valence-corrected chi connectivity index (χ3v) is 3.16. The smallest absolute Gasteiger partial charge is 0.249 e. The van der Waals surface area contributed by atoms with Crippen LogP contribution in [0.2, 0.25) is 0 Å². The van der Waals surface area contributed by atoms with E-state index < -0.39 is 5.92 Å². The Kier molecular flexibility index (Phi) is 3.70. The monoisotopic (exact) mass is 284 g/mol. The first-order chi connectivity index (χ1) is 10.3. The molecule has 2 aromatic heterocycles. The van der Waals surface area contributed by atoms with Gasteiger partial charge in [-0.25, -0.2) is 4.39 Å². The van der Waals surface area contributed by atoms with Crippen LogP contribution in [0.15, 0.2) is 53.2 Å². The summed E-state index contributed by atoms with van der Waals surface area (Å²) in [6, 6.07) is 10.0. The number of nitrogens with two attached hydrogens (primary N) is 1. The van der Waals surface area contributed by atoms with Gasteiger partial charge in [0.2, 0.25) is 11.8 Å². The fraction of sp³-hybridized carbons (Fsp3) is 0.133. The molecule has 1 atom stereocenters. The zero-order valence-corrected chi connectivity index (χ0v) is 11.1. The minimum Gasteiger partial charge on any atom is -0.420 e. The van der Waals surface area contributed by atoms with E-state index in [1.54, 1.807) is 36.7 Å². The van der Waals surface area contributed by atoms with Crippen molar-refractivity contribution in [3.8, 4) is 11.5 Å². The molecule has 2 N–H and O–H groups in total. The number of halogens is 1. The lowest BCUT2D eigenvalue weighted by Gasteiger charge is -2.11. The van der Waals surface area contributed by atoms with E-state index in [9.17, 15) is 4.39 Å². The highest BCUT2D eigenvalue weighted by Crippen LogP contribution is 2.27. The number of rotatable bonds is 4. The topological polar surface area (TPSA) is 77.8 Å².